The molecule has 16 heavy (non-hydrogen) atoms. The van der Waals surface area contributed by atoms with Crippen molar-refractivity contribution in [3.8, 4) is 0 Å². The molecular formula is C11H23NO3S. The molecule has 1 unspecified atom stereocenters. The number of rotatable bonds is 10. The van der Waals surface area contributed by atoms with Crippen molar-refractivity contribution in [1.82, 2.24) is 5.32 Å². The van der Waals surface area contributed by atoms with Crippen molar-refractivity contribution < 1.29 is 15.0 Å². The van der Waals surface area contributed by atoms with Crippen LogP contribution >= 0.6 is 11.8 Å². The second kappa shape index (κ2) is 8.84. The van der Waals surface area contributed by atoms with Gasteiger partial charge in [-0.25, -0.2) is 0 Å². The fourth-order valence-electron chi connectivity index (χ4n) is 1.59. The van der Waals surface area contributed by atoms with E-state index >= 15 is 0 Å². The summed E-state index contributed by atoms with van der Waals surface area (Å²) in [6.07, 6.45) is 2.95. The number of carbonyl (C=O) groups is 1. The second-order valence-electron chi connectivity index (χ2n) is 3.78. The number of hydrogen-bond acceptors (Lipinski definition) is 4. The quantitative estimate of drug-likeness (QED) is 0.510. The molecule has 0 spiro atoms. The van der Waals surface area contributed by atoms with Gasteiger partial charge in [0.15, 0.2) is 0 Å². The lowest BCUT2D eigenvalue weighted by Gasteiger charge is -2.27. The van der Waals surface area contributed by atoms with E-state index in [1.807, 2.05) is 6.92 Å². The average molecular weight is 249 g/mol. The number of likely N-dealkylation sites (N-methyl/N-ethyl adjacent to an activating group) is 1. The highest BCUT2D eigenvalue weighted by atomic mass is 32.2. The van der Waals surface area contributed by atoms with E-state index in [2.05, 4.69) is 5.32 Å². The van der Waals surface area contributed by atoms with E-state index in [4.69, 9.17) is 10.2 Å². The summed E-state index contributed by atoms with van der Waals surface area (Å²) >= 11 is 1.77. The lowest BCUT2D eigenvalue weighted by Crippen LogP contribution is -2.49. The maximum absolute atomic E-state index is 11.1. The summed E-state index contributed by atoms with van der Waals surface area (Å²) in [7, 11) is 1.70. The van der Waals surface area contributed by atoms with Crippen molar-refractivity contribution in [1.29, 1.82) is 0 Å². The first-order valence-corrected chi connectivity index (χ1v) is 6.89. The third-order valence-electron chi connectivity index (χ3n) is 2.83. The zero-order valence-corrected chi connectivity index (χ0v) is 11.0. The third-order valence-corrected chi connectivity index (χ3v) is 3.99. The molecule has 0 radical (unpaired) electrons. The van der Waals surface area contributed by atoms with Crippen molar-refractivity contribution in [2.75, 3.05) is 25.2 Å². The molecule has 0 saturated heterocycles. The van der Waals surface area contributed by atoms with Crippen LogP contribution in [0.1, 0.15) is 32.6 Å². The number of carboxylic acids is 1. The molecule has 4 nitrogen and oxygen atoms in total. The minimum absolute atomic E-state index is 0.234. The molecule has 0 aliphatic heterocycles. The first-order chi connectivity index (χ1) is 7.63. The van der Waals surface area contributed by atoms with Gasteiger partial charge in [-0.3, -0.25) is 4.79 Å². The van der Waals surface area contributed by atoms with Gasteiger partial charge in [0.05, 0.1) is 0 Å². The molecular weight excluding hydrogens is 226 g/mol. The Balaban J connectivity index is 3.81. The van der Waals surface area contributed by atoms with Gasteiger partial charge >= 0.3 is 5.97 Å². The monoisotopic (exact) mass is 249 g/mol. The summed E-state index contributed by atoms with van der Waals surface area (Å²) in [4.78, 5) is 11.1. The first-order valence-electron chi connectivity index (χ1n) is 5.74. The Hall–Kier alpha value is -0.260. The van der Waals surface area contributed by atoms with Crippen molar-refractivity contribution in [2.24, 2.45) is 0 Å². The molecule has 0 rings (SSSR count). The Labute approximate surface area is 102 Å². The summed E-state index contributed by atoms with van der Waals surface area (Å²) in [5.74, 6) is 1.14. The highest BCUT2D eigenvalue weighted by Gasteiger charge is 2.33. The fourth-order valence-corrected chi connectivity index (χ4v) is 2.47. The zero-order chi connectivity index (χ0) is 12.4. The number of aliphatic hydroxyl groups excluding tert-OH is 1. The highest BCUT2D eigenvalue weighted by Crippen LogP contribution is 2.19. The van der Waals surface area contributed by atoms with Crippen LogP contribution in [0.2, 0.25) is 0 Å². The van der Waals surface area contributed by atoms with E-state index < -0.39 is 11.5 Å². The van der Waals surface area contributed by atoms with Gasteiger partial charge in [0.2, 0.25) is 0 Å². The molecule has 0 heterocycles. The second-order valence-corrected chi connectivity index (χ2v) is 5.01. The number of aliphatic carboxylic acids is 1. The normalized spacial score (nSPS) is 14.7. The zero-order valence-electron chi connectivity index (χ0n) is 10.2. The predicted octanol–water partition coefficient (Wildman–Crippen LogP) is 1.33. The number of thioether (sulfide) groups is 1. The van der Waals surface area contributed by atoms with Crippen molar-refractivity contribution >= 4 is 17.7 Å². The summed E-state index contributed by atoms with van der Waals surface area (Å²) in [5.41, 5.74) is -0.766. The van der Waals surface area contributed by atoms with E-state index in [-0.39, 0.29) is 6.61 Å². The van der Waals surface area contributed by atoms with Crippen LogP contribution < -0.4 is 5.32 Å². The van der Waals surface area contributed by atoms with Crippen molar-refractivity contribution in [2.45, 2.75) is 38.1 Å². The molecule has 1 atom stereocenters. The molecule has 0 aliphatic carbocycles. The average Bonchev–Trinajstić information content (AvgIpc) is 2.28. The van der Waals surface area contributed by atoms with E-state index in [1.165, 1.54) is 0 Å². The Morgan fingerprint density at radius 3 is 2.44 bits per heavy atom. The molecule has 0 aromatic rings. The van der Waals surface area contributed by atoms with E-state index in [0.717, 1.165) is 24.3 Å². The molecule has 0 fully saturated rings. The Bertz CT molecular complexity index is 196. The van der Waals surface area contributed by atoms with Gasteiger partial charge in [0, 0.05) is 6.61 Å². The fraction of sp³-hybridized carbons (Fsp3) is 0.909. The molecule has 5 heteroatoms. The van der Waals surface area contributed by atoms with Crippen LogP contribution in [-0.4, -0.2) is 46.9 Å². The van der Waals surface area contributed by atoms with E-state index in [0.29, 0.717) is 12.8 Å². The molecule has 0 amide bonds. The number of hydrogen-bond donors (Lipinski definition) is 3. The minimum Gasteiger partial charge on any atom is -0.480 e. The predicted molar refractivity (Wildman–Crippen MR) is 68.0 cm³/mol. The van der Waals surface area contributed by atoms with Gasteiger partial charge in [0.25, 0.3) is 0 Å². The Morgan fingerprint density at radius 2 is 2.00 bits per heavy atom. The SMILES string of the molecule is CCC(CCCSCCCO)(NC)C(=O)O. The van der Waals surface area contributed by atoms with Crippen LogP contribution in [0.4, 0.5) is 0 Å². The summed E-state index contributed by atoms with van der Waals surface area (Å²) in [6, 6.07) is 0. The van der Waals surface area contributed by atoms with Crippen LogP contribution in [0.3, 0.4) is 0 Å². The molecule has 3 N–H and O–H groups in total. The lowest BCUT2D eigenvalue weighted by molar-refractivity contribution is -0.145. The Kier molecular flexibility index (Phi) is 8.70. The first kappa shape index (κ1) is 15.7. The summed E-state index contributed by atoms with van der Waals surface area (Å²) in [5, 5.41) is 20.7. The topological polar surface area (TPSA) is 69.6 Å². The van der Waals surface area contributed by atoms with Gasteiger partial charge in [-0.1, -0.05) is 6.92 Å². The van der Waals surface area contributed by atoms with E-state index in [9.17, 15) is 4.79 Å². The molecule has 0 aromatic carbocycles. The number of nitrogens with one attached hydrogen (secondary N) is 1. The van der Waals surface area contributed by atoms with Crippen LogP contribution in [-0.2, 0) is 4.79 Å². The van der Waals surface area contributed by atoms with Crippen LogP contribution in [0.5, 0.6) is 0 Å². The van der Waals surface area contributed by atoms with Crippen molar-refractivity contribution in [3.05, 3.63) is 0 Å². The maximum Gasteiger partial charge on any atom is 0.323 e. The Morgan fingerprint density at radius 1 is 1.38 bits per heavy atom. The maximum atomic E-state index is 11.1. The summed E-state index contributed by atoms with van der Waals surface area (Å²) < 4.78 is 0. The van der Waals surface area contributed by atoms with Crippen LogP contribution in [0, 0.1) is 0 Å². The molecule has 0 aromatic heterocycles. The van der Waals surface area contributed by atoms with Gasteiger partial charge in [-0.05, 0) is 44.2 Å². The van der Waals surface area contributed by atoms with Gasteiger partial charge in [0.1, 0.15) is 5.54 Å². The van der Waals surface area contributed by atoms with Gasteiger partial charge < -0.3 is 15.5 Å². The lowest BCUT2D eigenvalue weighted by atomic mass is 9.91. The van der Waals surface area contributed by atoms with Crippen LogP contribution in [0.15, 0.2) is 0 Å². The largest absolute Gasteiger partial charge is 0.480 e. The standard InChI is InChI=1S/C11H23NO3S/c1-3-11(12-2,10(14)15)6-4-8-16-9-5-7-13/h12-13H,3-9H2,1-2H3,(H,14,15). The molecule has 0 aliphatic rings. The molecule has 96 valence electrons. The smallest absolute Gasteiger partial charge is 0.323 e. The van der Waals surface area contributed by atoms with Gasteiger partial charge in [-0.15, -0.1) is 0 Å². The minimum atomic E-state index is -0.766. The number of carboxylic acid groups (broad SMARTS) is 1. The summed E-state index contributed by atoms with van der Waals surface area (Å²) in [6.45, 7) is 2.13. The molecule has 0 saturated carbocycles. The van der Waals surface area contributed by atoms with Crippen LogP contribution in [0.25, 0.3) is 0 Å². The van der Waals surface area contributed by atoms with E-state index in [1.54, 1.807) is 18.8 Å². The molecule has 0 bridgehead atoms. The number of aliphatic hydroxyl groups is 1. The third kappa shape index (κ3) is 5.18. The van der Waals surface area contributed by atoms with Gasteiger partial charge in [-0.2, -0.15) is 11.8 Å². The highest BCUT2D eigenvalue weighted by molar-refractivity contribution is 7.99. The van der Waals surface area contributed by atoms with Crippen molar-refractivity contribution in [3.63, 3.8) is 0 Å².